The Hall–Kier alpha value is -1.55. The SMILES string of the molecule is COc1cc(C(=O)N2CCCC(N)C2)cc(C)c1C. The Labute approximate surface area is 114 Å². The van der Waals surface area contributed by atoms with Crippen molar-refractivity contribution in [3.63, 3.8) is 0 Å². The van der Waals surface area contributed by atoms with Crippen molar-refractivity contribution in [2.24, 2.45) is 5.73 Å². The Morgan fingerprint density at radius 3 is 2.79 bits per heavy atom. The number of hydrogen-bond acceptors (Lipinski definition) is 3. The van der Waals surface area contributed by atoms with Crippen molar-refractivity contribution in [3.05, 3.63) is 28.8 Å². The number of carbonyl (C=O) groups is 1. The summed E-state index contributed by atoms with van der Waals surface area (Å²) in [4.78, 5) is 14.3. The summed E-state index contributed by atoms with van der Waals surface area (Å²) in [6.45, 7) is 5.44. The molecular weight excluding hydrogens is 240 g/mol. The quantitative estimate of drug-likeness (QED) is 0.885. The molecule has 1 amide bonds. The molecule has 1 aliphatic heterocycles. The van der Waals surface area contributed by atoms with Crippen molar-refractivity contribution in [1.82, 2.24) is 4.90 Å². The van der Waals surface area contributed by atoms with Crippen molar-refractivity contribution in [2.75, 3.05) is 20.2 Å². The van der Waals surface area contributed by atoms with Gasteiger partial charge in [0.1, 0.15) is 5.75 Å². The van der Waals surface area contributed by atoms with Crippen molar-refractivity contribution in [3.8, 4) is 5.75 Å². The Bertz CT molecular complexity index is 485. The van der Waals surface area contributed by atoms with Crippen molar-refractivity contribution in [1.29, 1.82) is 0 Å². The highest BCUT2D eigenvalue weighted by molar-refractivity contribution is 5.95. The summed E-state index contributed by atoms with van der Waals surface area (Å²) in [5.41, 5.74) is 8.77. The molecule has 0 radical (unpaired) electrons. The standard InChI is InChI=1S/C15H22N2O2/c1-10-7-12(8-14(19-3)11(10)2)15(18)17-6-4-5-13(16)9-17/h7-8,13H,4-6,9,16H2,1-3H3. The van der Waals surface area contributed by atoms with Gasteiger partial charge in [0.25, 0.3) is 5.91 Å². The van der Waals surface area contributed by atoms with E-state index in [1.807, 2.05) is 30.9 Å². The number of benzene rings is 1. The lowest BCUT2D eigenvalue weighted by Crippen LogP contribution is -2.45. The van der Waals surface area contributed by atoms with E-state index in [1.54, 1.807) is 7.11 Å². The van der Waals surface area contributed by atoms with Crippen LogP contribution in [0.15, 0.2) is 12.1 Å². The van der Waals surface area contributed by atoms with Crippen molar-refractivity contribution < 1.29 is 9.53 Å². The maximum Gasteiger partial charge on any atom is 0.254 e. The van der Waals surface area contributed by atoms with Crippen LogP contribution >= 0.6 is 0 Å². The fraction of sp³-hybridized carbons (Fsp3) is 0.533. The van der Waals surface area contributed by atoms with Gasteiger partial charge in [-0.1, -0.05) is 0 Å². The molecule has 0 saturated carbocycles. The molecule has 104 valence electrons. The molecule has 0 aliphatic carbocycles. The summed E-state index contributed by atoms with van der Waals surface area (Å²) in [5.74, 6) is 0.821. The summed E-state index contributed by atoms with van der Waals surface area (Å²) >= 11 is 0. The summed E-state index contributed by atoms with van der Waals surface area (Å²) in [7, 11) is 1.63. The van der Waals surface area contributed by atoms with Crippen LogP contribution in [0.3, 0.4) is 0 Å². The van der Waals surface area contributed by atoms with Crippen LogP contribution in [0, 0.1) is 13.8 Å². The number of nitrogens with two attached hydrogens (primary N) is 1. The molecule has 19 heavy (non-hydrogen) atoms. The van der Waals surface area contributed by atoms with Gasteiger partial charge in [-0.3, -0.25) is 4.79 Å². The first-order valence-electron chi connectivity index (χ1n) is 6.73. The van der Waals surface area contributed by atoms with E-state index in [0.717, 1.165) is 36.3 Å². The number of aryl methyl sites for hydroxylation is 1. The van der Waals surface area contributed by atoms with E-state index in [0.29, 0.717) is 12.1 Å². The van der Waals surface area contributed by atoms with Crippen LogP contribution in [-0.2, 0) is 0 Å². The lowest BCUT2D eigenvalue weighted by molar-refractivity contribution is 0.0708. The molecule has 1 aliphatic rings. The first kappa shape index (κ1) is 13.9. The molecule has 1 saturated heterocycles. The van der Waals surface area contributed by atoms with E-state index in [9.17, 15) is 4.79 Å². The number of methoxy groups -OCH3 is 1. The van der Waals surface area contributed by atoms with Crippen LogP contribution in [0.2, 0.25) is 0 Å². The number of ether oxygens (including phenoxy) is 1. The second-order valence-electron chi connectivity index (χ2n) is 5.27. The minimum atomic E-state index is 0.0524. The van der Waals surface area contributed by atoms with Crippen LogP contribution in [0.4, 0.5) is 0 Å². The van der Waals surface area contributed by atoms with Crippen LogP contribution in [0.25, 0.3) is 0 Å². The first-order valence-corrected chi connectivity index (χ1v) is 6.73. The van der Waals surface area contributed by atoms with Crippen molar-refractivity contribution >= 4 is 5.91 Å². The number of amides is 1. The number of likely N-dealkylation sites (tertiary alicyclic amines) is 1. The zero-order valence-corrected chi connectivity index (χ0v) is 11.9. The van der Waals surface area contributed by atoms with Gasteiger partial charge >= 0.3 is 0 Å². The predicted molar refractivity (Wildman–Crippen MR) is 75.6 cm³/mol. The van der Waals surface area contributed by atoms with E-state index in [1.165, 1.54) is 0 Å². The molecule has 1 heterocycles. The summed E-state index contributed by atoms with van der Waals surface area (Å²) in [6, 6.07) is 3.86. The Morgan fingerprint density at radius 1 is 1.42 bits per heavy atom. The number of carbonyl (C=O) groups excluding carboxylic acids is 1. The van der Waals surface area contributed by atoms with Gasteiger partial charge in [0, 0.05) is 24.7 Å². The highest BCUT2D eigenvalue weighted by atomic mass is 16.5. The molecule has 0 bridgehead atoms. The smallest absolute Gasteiger partial charge is 0.254 e. The molecule has 2 rings (SSSR count). The maximum atomic E-state index is 12.5. The average Bonchev–Trinajstić information content (AvgIpc) is 2.41. The second kappa shape index (κ2) is 5.61. The largest absolute Gasteiger partial charge is 0.496 e. The summed E-state index contributed by atoms with van der Waals surface area (Å²) < 4.78 is 5.33. The number of nitrogens with zero attached hydrogens (tertiary/aromatic N) is 1. The maximum absolute atomic E-state index is 12.5. The van der Waals surface area contributed by atoms with Crippen LogP contribution in [0.1, 0.15) is 34.3 Å². The molecule has 4 nitrogen and oxygen atoms in total. The highest BCUT2D eigenvalue weighted by Gasteiger charge is 2.23. The lowest BCUT2D eigenvalue weighted by atomic mass is 10.0. The first-order chi connectivity index (χ1) is 9.02. The third-order valence-electron chi connectivity index (χ3n) is 3.83. The van der Waals surface area contributed by atoms with Crippen molar-refractivity contribution in [2.45, 2.75) is 32.7 Å². The molecule has 0 spiro atoms. The van der Waals surface area contributed by atoms with Crippen LogP contribution < -0.4 is 10.5 Å². The summed E-state index contributed by atoms with van der Waals surface area (Å²) in [6.07, 6.45) is 1.98. The topological polar surface area (TPSA) is 55.6 Å². The number of piperidine rings is 1. The minimum absolute atomic E-state index is 0.0524. The van der Waals surface area contributed by atoms with Gasteiger partial charge in [0.2, 0.25) is 0 Å². The Kier molecular flexibility index (Phi) is 4.10. The third-order valence-corrected chi connectivity index (χ3v) is 3.83. The predicted octanol–water partition coefficient (Wildman–Crippen LogP) is 1.88. The Balaban J connectivity index is 2.26. The molecule has 1 atom stereocenters. The van der Waals surface area contributed by atoms with Gasteiger partial charge in [-0.25, -0.2) is 0 Å². The van der Waals surface area contributed by atoms with Gasteiger partial charge in [-0.2, -0.15) is 0 Å². The average molecular weight is 262 g/mol. The van der Waals surface area contributed by atoms with Crippen LogP contribution in [-0.4, -0.2) is 37.0 Å². The molecule has 0 aromatic heterocycles. The van der Waals surface area contributed by atoms with E-state index in [2.05, 4.69) is 0 Å². The number of rotatable bonds is 2. The fourth-order valence-electron chi connectivity index (χ4n) is 2.54. The minimum Gasteiger partial charge on any atom is -0.496 e. The molecule has 1 unspecified atom stereocenters. The van der Waals surface area contributed by atoms with Gasteiger partial charge in [-0.15, -0.1) is 0 Å². The monoisotopic (exact) mass is 262 g/mol. The number of hydrogen-bond donors (Lipinski definition) is 1. The molecule has 1 aromatic rings. The molecule has 1 fully saturated rings. The van der Waals surface area contributed by atoms with Gasteiger partial charge in [0.15, 0.2) is 0 Å². The zero-order chi connectivity index (χ0) is 14.0. The van der Waals surface area contributed by atoms with E-state index in [-0.39, 0.29) is 11.9 Å². The highest BCUT2D eigenvalue weighted by Crippen LogP contribution is 2.24. The fourth-order valence-corrected chi connectivity index (χ4v) is 2.54. The van der Waals surface area contributed by atoms with E-state index < -0.39 is 0 Å². The van der Waals surface area contributed by atoms with Crippen LogP contribution in [0.5, 0.6) is 5.75 Å². The molecule has 2 N–H and O–H groups in total. The van der Waals surface area contributed by atoms with Gasteiger partial charge in [-0.05, 0) is 49.9 Å². The zero-order valence-electron chi connectivity index (χ0n) is 11.9. The third kappa shape index (κ3) is 2.89. The van der Waals surface area contributed by atoms with E-state index >= 15 is 0 Å². The normalized spacial score (nSPS) is 19.4. The Morgan fingerprint density at radius 2 is 2.16 bits per heavy atom. The molecule has 1 aromatic carbocycles. The lowest BCUT2D eigenvalue weighted by Gasteiger charge is -2.31. The van der Waals surface area contributed by atoms with Gasteiger partial charge in [0.05, 0.1) is 7.11 Å². The summed E-state index contributed by atoms with van der Waals surface area (Å²) in [5, 5.41) is 0. The molecular formula is C15H22N2O2. The van der Waals surface area contributed by atoms with Gasteiger partial charge < -0.3 is 15.4 Å². The van der Waals surface area contributed by atoms with E-state index in [4.69, 9.17) is 10.5 Å². The molecule has 4 heteroatoms. The second-order valence-corrected chi connectivity index (χ2v) is 5.27.